The lowest BCUT2D eigenvalue weighted by molar-refractivity contribution is 0.172. The first-order chi connectivity index (χ1) is 14.2. The van der Waals surface area contributed by atoms with Crippen molar-refractivity contribution >= 4 is 5.69 Å². The Morgan fingerprint density at radius 3 is 2.55 bits per heavy atom. The Kier molecular flexibility index (Phi) is 4.82. The van der Waals surface area contributed by atoms with Gasteiger partial charge in [-0.2, -0.15) is 0 Å². The molecule has 3 aromatic rings. The van der Waals surface area contributed by atoms with Gasteiger partial charge in [-0.1, -0.05) is 35.9 Å². The first-order valence-corrected chi connectivity index (χ1v) is 10.4. The molecule has 4 heteroatoms. The highest BCUT2D eigenvalue weighted by Crippen LogP contribution is 2.47. The van der Waals surface area contributed by atoms with Crippen LogP contribution in [-0.2, 0) is 6.54 Å². The van der Waals surface area contributed by atoms with Crippen LogP contribution in [0.15, 0.2) is 67.0 Å². The van der Waals surface area contributed by atoms with Crippen molar-refractivity contribution in [1.82, 2.24) is 9.88 Å². The fraction of sp³-hybridized carbons (Fsp3) is 0.320. The third kappa shape index (κ3) is 3.43. The smallest absolute Gasteiger partial charge is 0.0636 e. The Morgan fingerprint density at radius 2 is 1.79 bits per heavy atom. The minimum atomic E-state index is 0.111. The number of rotatable bonds is 4. The van der Waals surface area contributed by atoms with Crippen LogP contribution >= 0.6 is 0 Å². The maximum atomic E-state index is 10.0. The van der Waals surface area contributed by atoms with Gasteiger partial charge in [-0.3, -0.25) is 9.88 Å². The van der Waals surface area contributed by atoms with Gasteiger partial charge in [0.05, 0.1) is 12.6 Å². The topological polar surface area (TPSA) is 48.4 Å². The molecule has 5 rings (SSSR count). The molecule has 0 bridgehead atoms. The van der Waals surface area contributed by atoms with Crippen molar-refractivity contribution in [3.8, 4) is 11.1 Å². The number of nitrogens with zero attached hydrogens (tertiary/aromatic N) is 2. The lowest BCUT2D eigenvalue weighted by Crippen LogP contribution is -2.41. The molecule has 1 aromatic heterocycles. The number of aryl methyl sites for hydroxylation is 1. The zero-order valence-corrected chi connectivity index (χ0v) is 16.8. The van der Waals surface area contributed by atoms with E-state index in [2.05, 4.69) is 76.7 Å². The third-order valence-corrected chi connectivity index (χ3v) is 6.49. The number of aliphatic hydroxyl groups is 1. The average Bonchev–Trinajstić information content (AvgIpc) is 3.18. The van der Waals surface area contributed by atoms with E-state index < -0.39 is 0 Å². The molecular weight excluding hydrogens is 358 g/mol. The van der Waals surface area contributed by atoms with E-state index in [1.807, 2.05) is 12.4 Å². The molecule has 0 aliphatic carbocycles. The van der Waals surface area contributed by atoms with Crippen LogP contribution in [0, 0.1) is 12.8 Å². The summed E-state index contributed by atoms with van der Waals surface area (Å²) >= 11 is 0. The highest BCUT2D eigenvalue weighted by Gasteiger charge is 2.43. The number of aliphatic hydroxyl groups excluding tert-OH is 1. The zero-order valence-electron chi connectivity index (χ0n) is 16.8. The number of benzene rings is 2. The highest BCUT2D eigenvalue weighted by molar-refractivity contribution is 5.70. The molecule has 2 N–H and O–H groups in total. The van der Waals surface area contributed by atoms with E-state index in [4.69, 9.17) is 0 Å². The van der Waals surface area contributed by atoms with Gasteiger partial charge in [0, 0.05) is 36.6 Å². The largest absolute Gasteiger partial charge is 0.394 e. The minimum Gasteiger partial charge on any atom is -0.394 e. The van der Waals surface area contributed by atoms with E-state index >= 15 is 0 Å². The van der Waals surface area contributed by atoms with E-state index in [9.17, 15) is 5.11 Å². The lowest BCUT2D eigenvalue weighted by atomic mass is 9.82. The Bertz CT molecular complexity index is 987. The van der Waals surface area contributed by atoms with E-state index in [0.29, 0.717) is 12.0 Å². The molecule has 2 aromatic carbocycles. The number of likely N-dealkylation sites (tertiary alicyclic amines) is 1. The Hall–Kier alpha value is -2.69. The molecule has 0 spiro atoms. The number of hydrogen-bond acceptors (Lipinski definition) is 4. The molecule has 0 amide bonds. The summed E-state index contributed by atoms with van der Waals surface area (Å²) in [5, 5.41) is 13.6. The van der Waals surface area contributed by atoms with E-state index in [1.54, 1.807) is 0 Å². The van der Waals surface area contributed by atoms with Gasteiger partial charge < -0.3 is 10.4 Å². The van der Waals surface area contributed by atoms with Crippen molar-refractivity contribution in [3.63, 3.8) is 0 Å². The number of hydrogen-bond donors (Lipinski definition) is 2. The van der Waals surface area contributed by atoms with Gasteiger partial charge in [0.2, 0.25) is 0 Å². The maximum absolute atomic E-state index is 10.0. The van der Waals surface area contributed by atoms with Gasteiger partial charge in [-0.15, -0.1) is 0 Å². The molecule has 2 aliphatic rings. The summed E-state index contributed by atoms with van der Waals surface area (Å²) < 4.78 is 0. The lowest BCUT2D eigenvalue weighted by Gasteiger charge is -2.39. The van der Waals surface area contributed by atoms with Crippen LogP contribution in [0.3, 0.4) is 0 Å². The van der Waals surface area contributed by atoms with Crippen molar-refractivity contribution in [2.45, 2.75) is 32.0 Å². The quantitative estimate of drug-likeness (QED) is 0.699. The maximum Gasteiger partial charge on any atom is 0.0636 e. The summed E-state index contributed by atoms with van der Waals surface area (Å²) in [7, 11) is 0. The van der Waals surface area contributed by atoms with Crippen molar-refractivity contribution in [3.05, 3.63) is 83.7 Å². The number of pyridine rings is 1. The first-order valence-electron chi connectivity index (χ1n) is 10.4. The van der Waals surface area contributed by atoms with Gasteiger partial charge in [0.15, 0.2) is 0 Å². The summed E-state index contributed by atoms with van der Waals surface area (Å²) in [6.07, 6.45) is 4.83. The second-order valence-corrected chi connectivity index (χ2v) is 8.32. The Labute approximate surface area is 172 Å². The van der Waals surface area contributed by atoms with Crippen LogP contribution < -0.4 is 5.32 Å². The predicted molar refractivity (Wildman–Crippen MR) is 117 cm³/mol. The molecule has 3 atom stereocenters. The minimum absolute atomic E-state index is 0.111. The normalized spacial score (nSPS) is 23.3. The second-order valence-electron chi connectivity index (χ2n) is 8.32. The van der Waals surface area contributed by atoms with Crippen LogP contribution in [0.5, 0.6) is 0 Å². The van der Waals surface area contributed by atoms with E-state index in [1.165, 1.54) is 27.8 Å². The molecule has 148 valence electrons. The molecule has 0 unspecified atom stereocenters. The predicted octanol–water partition coefficient (Wildman–Crippen LogP) is 4.41. The summed E-state index contributed by atoms with van der Waals surface area (Å²) in [5.74, 6) is 0.419. The zero-order chi connectivity index (χ0) is 19.8. The van der Waals surface area contributed by atoms with Crippen LogP contribution in [0.1, 0.15) is 29.2 Å². The molecule has 0 radical (unpaired) electrons. The van der Waals surface area contributed by atoms with Gasteiger partial charge in [-0.05, 0) is 66.4 Å². The molecular formula is C25H27N3O. The molecule has 1 saturated heterocycles. The molecule has 1 fully saturated rings. The molecule has 3 heterocycles. The van der Waals surface area contributed by atoms with Crippen molar-refractivity contribution < 1.29 is 5.11 Å². The summed E-state index contributed by atoms with van der Waals surface area (Å²) in [6.45, 7) is 4.25. The van der Waals surface area contributed by atoms with E-state index in [-0.39, 0.29) is 12.6 Å². The number of fused-ring (bicyclic) bond motifs is 3. The SMILES string of the molecule is Cc1ccc(-c2ccc3c(c2)[C@H]2[C@H](CCN2Cc2ccncc2)[C@@H](CO)N3)cc1. The standard InChI is InChI=1S/C25H27N3O/c1-17-2-4-19(5-3-17)20-6-7-23-22(14-20)25-21(24(16-29)27-23)10-13-28(25)15-18-8-11-26-12-9-18/h2-9,11-12,14,21,24-25,27,29H,10,13,15-16H2,1H3/t21-,24-,25-/m1/s1. The summed E-state index contributed by atoms with van der Waals surface area (Å²) in [5.41, 5.74) is 7.57. The van der Waals surface area contributed by atoms with Crippen LogP contribution in [0.25, 0.3) is 11.1 Å². The second kappa shape index (κ2) is 7.62. The molecule has 29 heavy (non-hydrogen) atoms. The van der Waals surface area contributed by atoms with Crippen LogP contribution in [-0.4, -0.2) is 34.2 Å². The van der Waals surface area contributed by atoms with Crippen molar-refractivity contribution in [1.29, 1.82) is 0 Å². The third-order valence-electron chi connectivity index (χ3n) is 6.49. The highest BCUT2D eigenvalue weighted by atomic mass is 16.3. The van der Waals surface area contributed by atoms with Gasteiger partial charge in [0.1, 0.15) is 0 Å². The first kappa shape index (κ1) is 18.3. The van der Waals surface area contributed by atoms with Crippen molar-refractivity contribution in [2.24, 2.45) is 5.92 Å². The average molecular weight is 386 g/mol. The monoisotopic (exact) mass is 385 g/mol. The van der Waals surface area contributed by atoms with E-state index in [0.717, 1.165) is 25.2 Å². The Morgan fingerprint density at radius 1 is 1.03 bits per heavy atom. The van der Waals surface area contributed by atoms with Gasteiger partial charge in [-0.25, -0.2) is 0 Å². The van der Waals surface area contributed by atoms with Gasteiger partial charge >= 0.3 is 0 Å². The summed E-state index contributed by atoms with van der Waals surface area (Å²) in [4.78, 5) is 6.72. The number of aromatic nitrogens is 1. The van der Waals surface area contributed by atoms with Crippen LogP contribution in [0.4, 0.5) is 5.69 Å². The summed E-state index contributed by atoms with van der Waals surface area (Å²) in [6, 6.07) is 20.1. The Balaban J connectivity index is 1.53. The molecule has 4 nitrogen and oxygen atoms in total. The number of anilines is 1. The van der Waals surface area contributed by atoms with Crippen LogP contribution in [0.2, 0.25) is 0 Å². The fourth-order valence-corrected chi connectivity index (χ4v) is 4.98. The molecule has 2 aliphatic heterocycles. The fourth-order valence-electron chi connectivity index (χ4n) is 4.98. The van der Waals surface area contributed by atoms with Gasteiger partial charge in [0.25, 0.3) is 0 Å². The number of nitrogens with one attached hydrogen (secondary N) is 1. The van der Waals surface area contributed by atoms with Crippen molar-refractivity contribution in [2.75, 3.05) is 18.5 Å². The molecule has 0 saturated carbocycles.